The third-order valence-corrected chi connectivity index (χ3v) is 5.12. The minimum atomic E-state index is -0.438. The lowest BCUT2D eigenvalue weighted by Crippen LogP contribution is -2.28. The molecule has 0 saturated carbocycles. The number of benzene rings is 3. The van der Waals surface area contributed by atoms with Crippen molar-refractivity contribution in [2.24, 2.45) is 0 Å². The second-order valence-corrected chi connectivity index (χ2v) is 7.37. The highest BCUT2D eigenvalue weighted by Crippen LogP contribution is 2.25. The number of anilines is 2. The van der Waals surface area contributed by atoms with Gasteiger partial charge in [0.2, 0.25) is 11.8 Å². The van der Waals surface area contributed by atoms with Gasteiger partial charge in [-0.05, 0) is 37.3 Å². The fourth-order valence-electron chi connectivity index (χ4n) is 3.55. The van der Waals surface area contributed by atoms with Gasteiger partial charge in [0.15, 0.2) is 5.78 Å². The summed E-state index contributed by atoms with van der Waals surface area (Å²) in [6, 6.07) is 20.4. The molecule has 31 heavy (non-hydrogen) atoms. The lowest BCUT2D eigenvalue weighted by atomic mass is 9.99. The average Bonchev–Trinajstić information content (AvgIpc) is 3.13. The molecular weight excluding hydrogens is 392 g/mol. The van der Waals surface area contributed by atoms with Gasteiger partial charge in [0, 0.05) is 29.5 Å². The van der Waals surface area contributed by atoms with Gasteiger partial charge in [0.1, 0.15) is 0 Å². The summed E-state index contributed by atoms with van der Waals surface area (Å²) in [6.07, 6.45) is 0.340. The lowest BCUT2D eigenvalue weighted by molar-refractivity contribution is -0.121. The van der Waals surface area contributed by atoms with E-state index >= 15 is 0 Å². The van der Waals surface area contributed by atoms with Crippen molar-refractivity contribution in [3.63, 3.8) is 0 Å². The summed E-state index contributed by atoms with van der Waals surface area (Å²) < 4.78 is 0. The Balaban J connectivity index is 1.63. The Hall–Kier alpha value is -4.06. The fraction of sp³-hybridized carbons (Fsp3) is 0.120. The van der Waals surface area contributed by atoms with Gasteiger partial charge in [-0.1, -0.05) is 48.0 Å². The number of nitrogens with zero attached hydrogens (tertiary/aromatic N) is 1. The molecular formula is C25H20N2O4. The quantitative estimate of drug-likeness (QED) is 0.504. The summed E-state index contributed by atoms with van der Waals surface area (Å²) in [5.74, 6) is -1.19. The molecule has 1 N–H and O–H groups in total. The normalized spacial score (nSPS) is 13.4. The average molecular weight is 412 g/mol. The van der Waals surface area contributed by atoms with E-state index in [0.29, 0.717) is 22.5 Å². The van der Waals surface area contributed by atoms with E-state index in [4.69, 9.17) is 0 Å². The van der Waals surface area contributed by atoms with Crippen molar-refractivity contribution in [3.8, 4) is 0 Å². The molecule has 1 aliphatic rings. The zero-order valence-electron chi connectivity index (χ0n) is 16.9. The van der Waals surface area contributed by atoms with Gasteiger partial charge in [-0.3, -0.25) is 24.1 Å². The third kappa shape index (κ3) is 4.14. The summed E-state index contributed by atoms with van der Waals surface area (Å²) >= 11 is 0. The number of amides is 3. The Morgan fingerprint density at radius 1 is 0.806 bits per heavy atom. The smallest absolute Gasteiger partial charge is 0.255 e. The Bertz CT molecular complexity index is 1190. The van der Waals surface area contributed by atoms with Crippen molar-refractivity contribution in [1.29, 1.82) is 0 Å². The lowest BCUT2D eigenvalue weighted by Gasteiger charge is -2.15. The Labute approximate surface area is 179 Å². The molecule has 0 aromatic heterocycles. The van der Waals surface area contributed by atoms with Crippen molar-refractivity contribution >= 4 is 34.9 Å². The topological polar surface area (TPSA) is 83.6 Å². The maximum Gasteiger partial charge on any atom is 0.255 e. The number of carbonyl (C=O) groups is 4. The second kappa shape index (κ2) is 8.36. The largest absolute Gasteiger partial charge is 0.321 e. The van der Waals surface area contributed by atoms with Gasteiger partial charge in [-0.2, -0.15) is 0 Å². The minimum absolute atomic E-state index is 0.170. The first kappa shape index (κ1) is 20.2. The van der Waals surface area contributed by atoms with E-state index in [1.54, 1.807) is 54.6 Å². The van der Waals surface area contributed by atoms with Gasteiger partial charge < -0.3 is 5.32 Å². The molecule has 6 nitrogen and oxygen atoms in total. The van der Waals surface area contributed by atoms with Crippen LogP contribution in [0.1, 0.15) is 44.7 Å². The molecule has 0 radical (unpaired) electrons. The summed E-state index contributed by atoms with van der Waals surface area (Å²) in [7, 11) is 0. The first-order valence-electron chi connectivity index (χ1n) is 9.91. The van der Waals surface area contributed by atoms with E-state index in [2.05, 4.69) is 5.32 Å². The van der Waals surface area contributed by atoms with Crippen LogP contribution in [0.2, 0.25) is 0 Å². The first-order valence-corrected chi connectivity index (χ1v) is 9.91. The van der Waals surface area contributed by atoms with Crippen molar-refractivity contribution < 1.29 is 19.2 Å². The maximum absolute atomic E-state index is 13.0. The van der Waals surface area contributed by atoms with Gasteiger partial charge in [-0.25, -0.2) is 0 Å². The number of rotatable bonds is 5. The van der Waals surface area contributed by atoms with Crippen LogP contribution in [-0.2, 0) is 9.59 Å². The number of ketones is 1. The highest BCUT2D eigenvalue weighted by atomic mass is 16.2. The molecule has 0 atom stereocenters. The van der Waals surface area contributed by atoms with E-state index in [-0.39, 0.29) is 36.0 Å². The van der Waals surface area contributed by atoms with Crippen LogP contribution in [0.4, 0.5) is 11.4 Å². The van der Waals surface area contributed by atoms with Crippen LogP contribution in [0.5, 0.6) is 0 Å². The zero-order valence-corrected chi connectivity index (χ0v) is 16.9. The van der Waals surface area contributed by atoms with Crippen LogP contribution in [0, 0.1) is 6.92 Å². The van der Waals surface area contributed by atoms with Crippen molar-refractivity contribution in [3.05, 3.63) is 95.1 Å². The Morgan fingerprint density at radius 3 is 2.19 bits per heavy atom. The van der Waals surface area contributed by atoms with Crippen LogP contribution < -0.4 is 10.2 Å². The summed E-state index contributed by atoms with van der Waals surface area (Å²) in [5.41, 5.74) is 2.85. The molecule has 1 heterocycles. The monoisotopic (exact) mass is 412 g/mol. The van der Waals surface area contributed by atoms with E-state index in [1.165, 1.54) is 6.07 Å². The molecule has 3 aromatic carbocycles. The molecule has 0 spiro atoms. The van der Waals surface area contributed by atoms with Crippen molar-refractivity contribution in [2.45, 2.75) is 19.8 Å². The summed E-state index contributed by atoms with van der Waals surface area (Å²) in [4.78, 5) is 51.1. The summed E-state index contributed by atoms with van der Waals surface area (Å²) in [5, 5.41) is 2.80. The third-order valence-electron chi connectivity index (χ3n) is 5.12. The van der Waals surface area contributed by atoms with E-state index < -0.39 is 5.91 Å². The van der Waals surface area contributed by atoms with Crippen LogP contribution in [0.25, 0.3) is 0 Å². The fourth-order valence-corrected chi connectivity index (χ4v) is 3.55. The Kier molecular flexibility index (Phi) is 5.45. The molecule has 0 bridgehead atoms. The number of aryl methyl sites for hydroxylation is 1. The number of nitrogens with one attached hydrogen (secondary N) is 1. The molecule has 0 unspecified atom stereocenters. The van der Waals surface area contributed by atoms with E-state index in [0.717, 1.165) is 10.5 Å². The van der Waals surface area contributed by atoms with Crippen LogP contribution in [-0.4, -0.2) is 23.5 Å². The molecule has 154 valence electrons. The Morgan fingerprint density at radius 2 is 1.48 bits per heavy atom. The standard InChI is InChI=1S/C25H20N2O4/c1-16-10-11-21(20(14-16)24(30)17-6-3-2-4-7-17)26-25(31)18-8-5-9-19(15-18)27-22(28)12-13-23(27)29/h2-11,14-15H,12-13H2,1H3,(H,26,31). The minimum Gasteiger partial charge on any atom is -0.321 e. The van der Waals surface area contributed by atoms with Gasteiger partial charge in [0.25, 0.3) is 5.91 Å². The number of hydrogen-bond donors (Lipinski definition) is 1. The van der Waals surface area contributed by atoms with Crippen molar-refractivity contribution in [2.75, 3.05) is 10.2 Å². The predicted molar refractivity (Wildman–Crippen MR) is 117 cm³/mol. The maximum atomic E-state index is 13.0. The van der Waals surface area contributed by atoms with Gasteiger partial charge in [0.05, 0.1) is 11.4 Å². The molecule has 3 aromatic rings. The SMILES string of the molecule is Cc1ccc(NC(=O)c2cccc(N3C(=O)CCC3=O)c2)c(C(=O)c2ccccc2)c1. The molecule has 3 amide bonds. The summed E-state index contributed by atoms with van der Waals surface area (Å²) in [6.45, 7) is 1.88. The molecule has 1 saturated heterocycles. The number of carbonyl (C=O) groups excluding carboxylic acids is 4. The molecule has 4 rings (SSSR count). The molecule has 0 aliphatic carbocycles. The number of hydrogen-bond acceptors (Lipinski definition) is 4. The van der Waals surface area contributed by atoms with E-state index in [1.807, 2.05) is 19.1 Å². The van der Waals surface area contributed by atoms with Crippen LogP contribution in [0.15, 0.2) is 72.8 Å². The highest BCUT2D eigenvalue weighted by Gasteiger charge is 2.30. The second-order valence-electron chi connectivity index (χ2n) is 7.37. The predicted octanol–water partition coefficient (Wildman–Crippen LogP) is 4.13. The van der Waals surface area contributed by atoms with Gasteiger partial charge in [-0.15, -0.1) is 0 Å². The zero-order chi connectivity index (χ0) is 22.0. The first-order chi connectivity index (χ1) is 14.9. The molecule has 1 aliphatic heterocycles. The molecule has 6 heteroatoms. The highest BCUT2D eigenvalue weighted by molar-refractivity contribution is 6.20. The van der Waals surface area contributed by atoms with Crippen LogP contribution >= 0.6 is 0 Å². The van der Waals surface area contributed by atoms with E-state index in [9.17, 15) is 19.2 Å². The van der Waals surface area contributed by atoms with Crippen molar-refractivity contribution in [1.82, 2.24) is 0 Å². The van der Waals surface area contributed by atoms with Crippen LogP contribution in [0.3, 0.4) is 0 Å². The number of imide groups is 1. The molecule has 1 fully saturated rings. The van der Waals surface area contributed by atoms with Gasteiger partial charge >= 0.3 is 0 Å².